The van der Waals surface area contributed by atoms with Crippen LogP contribution in [0.5, 0.6) is 0 Å². The van der Waals surface area contributed by atoms with Gasteiger partial charge in [-0.1, -0.05) is 92.8 Å². The van der Waals surface area contributed by atoms with Crippen molar-refractivity contribution in [3.8, 4) is 0 Å². The Bertz CT molecular complexity index is 1860. The van der Waals surface area contributed by atoms with Crippen molar-refractivity contribution in [3.63, 3.8) is 0 Å². The Morgan fingerprint density at radius 1 is 0.742 bits per heavy atom. The number of carbonyl (C=O) groups is 8. The highest BCUT2D eigenvalue weighted by molar-refractivity contribution is 5.97. The van der Waals surface area contributed by atoms with Crippen LogP contribution in [0.4, 0.5) is 4.79 Å². The van der Waals surface area contributed by atoms with Crippen molar-refractivity contribution in [2.75, 3.05) is 19.6 Å². The van der Waals surface area contributed by atoms with E-state index in [0.717, 1.165) is 43.2 Å². The van der Waals surface area contributed by atoms with Gasteiger partial charge in [0.15, 0.2) is 0 Å². The highest BCUT2D eigenvalue weighted by Gasteiger charge is 2.40. The molecule has 3 aliphatic rings. The van der Waals surface area contributed by atoms with Crippen molar-refractivity contribution in [2.24, 2.45) is 11.7 Å². The fourth-order valence-electron chi connectivity index (χ4n) is 8.62. The highest BCUT2D eigenvalue weighted by atomic mass is 16.2. The van der Waals surface area contributed by atoms with Crippen LogP contribution in [0.1, 0.15) is 95.1 Å². The molecule has 17 nitrogen and oxygen atoms in total. The summed E-state index contributed by atoms with van der Waals surface area (Å²) >= 11 is 0. The average Bonchev–Trinajstić information content (AvgIpc) is 3.76. The monoisotopic (exact) mass is 857 g/mol. The Hall–Kier alpha value is -6.00. The summed E-state index contributed by atoms with van der Waals surface area (Å²) in [6, 6.07) is 11.2. The van der Waals surface area contributed by atoms with E-state index in [2.05, 4.69) is 37.2 Å². The molecule has 2 aliphatic heterocycles. The second-order valence-corrected chi connectivity index (χ2v) is 16.7. The Morgan fingerprint density at radius 2 is 1.39 bits per heavy atom. The number of primary amides is 1. The molecule has 3 fully saturated rings. The average molecular weight is 858 g/mol. The van der Waals surface area contributed by atoms with Crippen molar-refractivity contribution < 1.29 is 38.4 Å². The number of benzene rings is 2. The lowest BCUT2D eigenvalue weighted by Gasteiger charge is -2.32. The molecule has 2 aromatic carbocycles. The topological polar surface area (TPSA) is 250 Å². The first kappa shape index (κ1) is 47.1. The molecule has 2 aromatic rings. The number of nitrogens with one attached hydrogen (secondary N) is 7. The molecule has 0 spiro atoms. The lowest BCUT2D eigenvalue weighted by atomic mass is 9.84. The number of nitrogens with zero attached hydrogens (tertiary/aromatic N) is 1. The minimum atomic E-state index is -1.13. The van der Waals surface area contributed by atoms with Gasteiger partial charge in [-0.15, -0.1) is 0 Å². The van der Waals surface area contributed by atoms with Crippen LogP contribution in [0.15, 0.2) is 60.7 Å². The van der Waals surface area contributed by atoms with Gasteiger partial charge in [0.1, 0.15) is 36.3 Å². The summed E-state index contributed by atoms with van der Waals surface area (Å²) in [6.45, 7) is 1.75. The quantitative estimate of drug-likeness (QED) is 0.136. The second kappa shape index (κ2) is 23.9. The molecule has 1 saturated carbocycles. The van der Waals surface area contributed by atoms with Crippen LogP contribution in [0.2, 0.25) is 0 Å². The third-order valence-electron chi connectivity index (χ3n) is 11.8. The van der Waals surface area contributed by atoms with E-state index >= 15 is 0 Å². The molecular formula is C45H63N9O8. The lowest BCUT2D eigenvalue weighted by Crippen LogP contribution is -2.60. The standard InChI is InChI=1S/C45H63N9O8/c1-29(55)49-35(26-30-14-5-2-6-15-30)40(57)51-34-21-12-23-47-39(56)33(20-11-24-48-45(46)62)50-41(58)36(27-31-16-7-3-8-17-31)52-42(59)37(28-32-18-9-4-10-19-32)53-43(60)38-22-13-25-54(38)44(34)61/h2-3,5-8,14-17,32-38H,4,9-13,18-28H2,1H3,(H,47,56)(H,49,55)(H,50,58)(H,51,57)(H,52,59)(H,53,60)(H3,46,48,62)/t33?,34-,35-,36?,37+,38?/m0/s1. The number of fused-ring (bicyclic) bond motifs is 1. The van der Waals surface area contributed by atoms with Gasteiger partial charge < -0.3 is 47.9 Å². The van der Waals surface area contributed by atoms with E-state index in [9.17, 15) is 38.4 Å². The first-order valence-electron chi connectivity index (χ1n) is 22.1. The Kier molecular flexibility index (Phi) is 18.1. The molecule has 2 heterocycles. The molecule has 62 heavy (non-hydrogen) atoms. The van der Waals surface area contributed by atoms with Gasteiger partial charge in [-0.3, -0.25) is 33.6 Å². The third-order valence-corrected chi connectivity index (χ3v) is 11.8. The molecule has 17 heteroatoms. The fraction of sp³-hybridized carbons (Fsp3) is 0.556. The number of hydrogen-bond acceptors (Lipinski definition) is 8. The van der Waals surface area contributed by atoms with Gasteiger partial charge in [0.2, 0.25) is 41.4 Å². The van der Waals surface area contributed by atoms with Crippen LogP contribution in [0.3, 0.4) is 0 Å². The van der Waals surface area contributed by atoms with Crippen molar-refractivity contribution in [2.45, 2.75) is 133 Å². The lowest BCUT2D eigenvalue weighted by molar-refractivity contribution is -0.142. The first-order valence-corrected chi connectivity index (χ1v) is 22.1. The Labute approximate surface area is 363 Å². The zero-order valence-corrected chi connectivity index (χ0v) is 35.6. The molecule has 9 N–H and O–H groups in total. The van der Waals surface area contributed by atoms with Gasteiger partial charge in [0.05, 0.1) is 0 Å². The van der Waals surface area contributed by atoms with Gasteiger partial charge in [-0.25, -0.2) is 4.79 Å². The van der Waals surface area contributed by atoms with E-state index in [1.54, 1.807) is 0 Å². The minimum absolute atomic E-state index is 0.0560. The maximum atomic E-state index is 14.5. The third kappa shape index (κ3) is 14.6. The highest BCUT2D eigenvalue weighted by Crippen LogP contribution is 2.28. The molecule has 5 rings (SSSR count). The Morgan fingerprint density at radius 3 is 2.06 bits per heavy atom. The summed E-state index contributed by atoms with van der Waals surface area (Å²) in [5.41, 5.74) is 6.80. The fourth-order valence-corrected chi connectivity index (χ4v) is 8.62. The van der Waals surface area contributed by atoms with Crippen LogP contribution in [0, 0.1) is 5.92 Å². The van der Waals surface area contributed by atoms with Gasteiger partial charge in [-0.2, -0.15) is 0 Å². The molecule has 9 amide bonds. The predicted octanol–water partition coefficient (Wildman–Crippen LogP) is 1.24. The largest absolute Gasteiger partial charge is 0.354 e. The van der Waals surface area contributed by atoms with E-state index in [1.807, 2.05) is 60.7 Å². The maximum absolute atomic E-state index is 14.5. The molecule has 1 aliphatic carbocycles. The smallest absolute Gasteiger partial charge is 0.312 e. The molecular weight excluding hydrogens is 795 g/mol. The molecule has 0 aromatic heterocycles. The van der Waals surface area contributed by atoms with E-state index in [0.29, 0.717) is 19.3 Å². The van der Waals surface area contributed by atoms with Crippen molar-refractivity contribution in [3.05, 3.63) is 71.8 Å². The summed E-state index contributed by atoms with van der Waals surface area (Å²) in [7, 11) is 0. The zero-order valence-electron chi connectivity index (χ0n) is 35.6. The first-order chi connectivity index (χ1) is 29.9. The summed E-state index contributed by atoms with van der Waals surface area (Å²) in [4.78, 5) is 110. The van der Waals surface area contributed by atoms with Crippen LogP contribution >= 0.6 is 0 Å². The van der Waals surface area contributed by atoms with Gasteiger partial charge in [-0.05, 0) is 62.0 Å². The molecule has 3 unspecified atom stereocenters. The summed E-state index contributed by atoms with van der Waals surface area (Å²) in [5.74, 6) is -3.55. The van der Waals surface area contributed by atoms with Crippen LogP contribution < -0.4 is 43.0 Å². The van der Waals surface area contributed by atoms with Gasteiger partial charge in [0, 0.05) is 39.4 Å². The van der Waals surface area contributed by atoms with E-state index < -0.39 is 83.6 Å². The molecule has 6 atom stereocenters. The Balaban J connectivity index is 1.45. The number of urea groups is 1. The second-order valence-electron chi connectivity index (χ2n) is 16.7. The minimum Gasteiger partial charge on any atom is -0.354 e. The zero-order chi connectivity index (χ0) is 44.4. The van der Waals surface area contributed by atoms with Crippen LogP contribution in [-0.4, -0.2) is 108 Å². The SMILES string of the molecule is CC(=O)N[C@@H](Cc1ccccc1)C(=O)N[C@H]1CCCNC(=O)C(CCCNC(N)=O)NC(=O)C(Cc2ccccc2)NC(=O)[C@@H](CC2CCCCC2)NC(=O)C2CCCN2C1=O. The molecule has 0 radical (unpaired) electrons. The van der Waals surface area contributed by atoms with Gasteiger partial charge in [0.25, 0.3) is 0 Å². The summed E-state index contributed by atoms with van der Waals surface area (Å²) in [5, 5.41) is 19.6. The number of amides is 9. The van der Waals surface area contributed by atoms with Crippen LogP contribution in [0.25, 0.3) is 0 Å². The predicted molar refractivity (Wildman–Crippen MR) is 231 cm³/mol. The van der Waals surface area contributed by atoms with Crippen molar-refractivity contribution in [1.82, 2.24) is 42.1 Å². The molecule has 336 valence electrons. The van der Waals surface area contributed by atoms with Crippen molar-refractivity contribution in [1.29, 1.82) is 0 Å². The van der Waals surface area contributed by atoms with E-state index in [4.69, 9.17) is 5.73 Å². The molecule has 2 saturated heterocycles. The van der Waals surface area contributed by atoms with Crippen molar-refractivity contribution >= 4 is 47.4 Å². The summed E-state index contributed by atoms with van der Waals surface area (Å²) in [6.07, 6.45) is 6.98. The molecule has 0 bridgehead atoms. The number of hydrogen-bond donors (Lipinski definition) is 8. The number of rotatable bonds is 13. The van der Waals surface area contributed by atoms with E-state index in [1.165, 1.54) is 11.8 Å². The van der Waals surface area contributed by atoms with Gasteiger partial charge >= 0.3 is 6.03 Å². The van der Waals surface area contributed by atoms with E-state index in [-0.39, 0.29) is 64.1 Å². The number of carbonyl (C=O) groups excluding carboxylic acids is 8. The normalized spacial score (nSPS) is 23.9. The maximum Gasteiger partial charge on any atom is 0.312 e. The van der Waals surface area contributed by atoms with Crippen LogP contribution in [-0.2, 0) is 46.4 Å². The number of nitrogens with two attached hydrogens (primary N) is 1. The summed E-state index contributed by atoms with van der Waals surface area (Å²) < 4.78 is 0.